The molecule has 0 amide bonds. The number of allylic oxidation sites excluding steroid dienone is 5. The summed E-state index contributed by atoms with van der Waals surface area (Å²) in [6.07, 6.45) is 10.2. The van der Waals surface area contributed by atoms with Crippen molar-refractivity contribution in [2.45, 2.75) is 58.3 Å². The summed E-state index contributed by atoms with van der Waals surface area (Å²) in [4.78, 5) is 9.20. The lowest BCUT2D eigenvalue weighted by Crippen LogP contribution is -2.20. The minimum absolute atomic E-state index is 0.155. The van der Waals surface area contributed by atoms with Crippen molar-refractivity contribution in [3.8, 4) is 0 Å². The molecule has 1 aliphatic carbocycles. The number of rotatable bonds is 12. The van der Waals surface area contributed by atoms with E-state index in [2.05, 4.69) is 71.1 Å². The van der Waals surface area contributed by atoms with Gasteiger partial charge >= 0.3 is 0 Å². The highest BCUT2D eigenvalue weighted by Crippen LogP contribution is 2.38. The summed E-state index contributed by atoms with van der Waals surface area (Å²) in [5.41, 5.74) is 9.95. The largest absolute Gasteiger partial charge is 0.341 e. The highest BCUT2D eigenvalue weighted by Gasteiger charge is 2.25. The second-order valence-corrected chi connectivity index (χ2v) is 14.0. The standard InChI is InChI=1S/C43H42N4O3S/c1-7-9-27-46(37-21-17-35(44-5)18-22-37)40-25-15-33(29-31(40)3)43(39-13-11-12-14-42(39)51(48,49)50)34-16-26-41(32(4)30-34)47(28-10-8-2)38-23-19-36(45-6)20-24-38/h11-26,29-30H,7-10,27-28H2,1-4H3/p+1. The van der Waals surface area contributed by atoms with E-state index < -0.39 is 10.1 Å². The van der Waals surface area contributed by atoms with Gasteiger partial charge in [0.2, 0.25) is 11.4 Å². The Morgan fingerprint density at radius 3 is 2.06 bits per heavy atom. The fourth-order valence-electron chi connectivity index (χ4n) is 6.43. The maximum atomic E-state index is 12.7. The molecule has 1 aliphatic rings. The zero-order valence-electron chi connectivity index (χ0n) is 29.6. The van der Waals surface area contributed by atoms with E-state index in [1.165, 1.54) is 6.07 Å². The van der Waals surface area contributed by atoms with Gasteiger partial charge in [0.1, 0.15) is 11.4 Å². The number of hydrogen-bond donors (Lipinski definition) is 1. The third-order valence-electron chi connectivity index (χ3n) is 9.04. The van der Waals surface area contributed by atoms with Gasteiger partial charge in [0.25, 0.3) is 10.1 Å². The van der Waals surface area contributed by atoms with Gasteiger partial charge in [-0.05, 0) is 109 Å². The minimum atomic E-state index is -4.54. The number of hydrogen-bond acceptors (Lipinski definition) is 3. The van der Waals surface area contributed by atoms with Crippen LogP contribution in [0.25, 0.3) is 15.3 Å². The molecule has 7 nitrogen and oxygen atoms in total. The third kappa shape index (κ3) is 8.44. The number of unbranched alkanes of at least 4 members (excludes halogenated alkanes) is 2. The van der Waals surface area contributed by atoms with Crippen molar-refractivity contribution in [3.05, 3.63) is 160 Å². The predicted molar refractivity (Wildman–Crippen MR) is 208 cm³/mol. The van der Waals surface area contributed by atoms with E-state index in [0.29, 0.717) is 22.5 Å². The first-order valence-electron chi connectivity index (χ1n) is 17.3. The van der Waals surface area contributed by atoms with E-state index in [9.17, 15) is 13.0 Å². The SMILES string of the molecule is [C-]#[N+]c1ccc(N(CCCC)c2ccc(C(=C3C=CC(=[N+](CCCC)c4ccc([N+]#[C-])cc4)C(C)=C3)c3ccccc3S(=O)(=O)O)cc2C)cc1. The molecule has 51 heavy (non-hydrogen) atoms. The van der Waals surface area contributed by atoms with Gasteiger partial charge in [-0.15, -0.1) is 0 Å². The van der Waals surface area contributed by atoms with Gasteiger partial charge in [-0.25, -0.2) is 9.69 Å². The smallest absolute Gasteiger partial charge is 0.295 e. The highest BCUT2D eigenvalue weighted by molar-refractivity contribution is 7.86. The van der Waals surface area contributed by atoms with E-state index in [-0.39, 0.29) is 4.90 Å². The molecule has 0 radical (unpaired) electrons. The van der Waals surface area contributed by atoms with Gasteiger partial charge in [0.15, 0.2) is 11.4 Å². The monoisotopic (exact) mass is 695 g/mol. The van der Waals surface area contributed by atoms with Crippen LogP contribution < -0.4 is 4.90 Å². The number of aryl methyl sites for hydroxylation is 1. The van der Waals surface area contributed by atoms with Gasteiger partial charge in [0, 0.05) is 41.6 Å². The lowest BCUT2D eigenvalue weighted by molar-refractivity contribution is -0.440. The zero-order chi connectivity index (χ0) is 36.5. The van der Waals surface area contributed by atoms with Crippen LogP contribution in [0.1, 0.15) is 63.1 Å². The lowest BCUT2D eigenvalue weighted by Gasteiger charge is -2.27. The van der Waals surface area contributed by atoms with E-state index in [1.807, 2.05) is 60.7 Å². The van der Waals surface area contributed by atoms with Crippen molar-refractivity contribution in [1.82, 2.24) is 0 Å². The Kier molecular flexibility index (Phi) is 11.8. The second-order valence-electron chi connectivity index (χ2n) is 12.6. The van der Waals surface area contributed by atoms with Crippen molar-refractivity contribution in [1.29, 1.82) is 0 Å². The minimum Gasteiger partial charge on any atom is -0.341 e. The molecule has 5 rings (SSSR count). The molecule has 258 valence electrons. The molecular formula is C43H43N4O3S+. The molecule has 0 fully saturated rings. The molecule has 0 unspecified atom stereocenters. The molecular weight excluding hydrogens is 653 g/mol. The Bertz CT molecular complexity index is 2230. The first-order chi connectivity index (χ1) is 24.6. The van der Waals surface area contributed by atoms with Crippen LogP contribution in [0.4, 0.5) is 28.4 Å². The fourth-order valence-corrected chi connectivity index (χ4v) is 7.13. The normalized spacial score (nSPS) is 14.7. The van der Waals surface area contributed by atoms with Crippen LogP contribution in [-0.4, -0.2) is 36.3 Å². The van der Waals surface area contributed by atoms with Crippen molar-refractivity contribution in [2.75, 3.05) is 18.0 Å². The number of nitrogens with zero attached hydrogens (tertiary/aromatic N) is 4. The van der Waals surface area contributed by atoms with Crippen molar-refractivity contribution in [3.63, 3.8) is 0 Å². The maximum Gasteiger partial charge on any atom is 0.295 e. The van der Waals surface area contributed by atoms with E-state index >= 15 is 0 Å². The van der Waals surface area contributed by atoms with E-state index in [1.54, 1.807) is 18.2 Å². The number of anilines is 2. The van der Waals surface area contributed by atoms with Gasteiger partial charge < -0.3 is 4.90 Å². The summed E-state index contributed by atoms with van der Waals surface area (Å²) >= 11 is 0. The Labute approximate surface area is 302 Å². The molecule has 0 atom stereocenters. The van der Waals surface area contributed by atoms with E-state index in [4.69, 9.17) is 13.1 Å². The topological polar surface area (TPSA) is 69.3 Å². The Morgan fingerprint density at radius 2 is 1.47 bits per heavy atom. The Balaban J connectivity index is 1.69. The van der Waals surface area contributed by atoms with Crippen molar-refractivity contribution >= 4 is 49.8 Å². The molecule has 0 bridgehead atoms. The molecule has 8 heteroatoms. The van der Waals surface area contributed by atoms with E-state index in [0.717, 1.165) is 83.8 Å². The van der Waals surface area contributed by atoms with Crippen LogP contribution in [0.2, 0.25) is 0 Å². The molecule has 0 saturated carbocycles. The summed E-state index contributed by atoms with van der Waals surface area (Å²) in [6, 6.07) is 28.0. The maximum absolute atomic E-state index is 12.7. The summed E-state index contributed by atoms with van der Waals surface area (Å²) in [6.45, 7) is 24.7. The molecule has 0 aliphatic heterocycles. The summed E-state index contributed by atoms with van der Waals surface area (Å²) in [5, 5.41) is 0. The highest BCUT2D eigenvalue weighted by atomic mass is 32.2. The van der Waals surface area contributed by atoms with Crippen LogP contribution in [-0.2, 0) is 10.1 Å². The molecule has 0 heterocycles. The van der Waals surface area contributed by atoms with Gasteiger partial charge in [-0.2, -0.15) is 13.0 Å². The first-order valence-corrected chi connectivity index (χ1v) is 18.7. The fraction of sp³-hybridized carbons (Fsp3) is 0.233. The second kappa shape index (κ2) is 16.4. The predicted octanol–water partition coefficient (Wildman–Crippen LogP) is 11.2. The molecule has 4 aromatic carbocycles. The Hall–Kier alpha value is -5.54. The van der Waals surface area contributed by atoms with Crippen molar-refractivity contribution < 1.29 is 17.5 Å². The quantitative estimate of drug-likeness (QED) is 0.0910. The van der Waals surface area contributed by atoms with Gasteiger partial charge in [0.05, 0.1) is 13.1 Å². The summed E-state index contributed by atoms with van der Waals surface area (Å²) in [5.74, 6) is 0. The zero-order valence-corrected chi connectivity index (χ0v) is 30.4. The first kappa shape index (κ1) is 36.7. The van der Waals surface area contributed by atoms with Gasteiger partial charge in [-0.1, -0.05) is 63.1 Å². The molecule has 4 aromatic rings. The van der Waals surface area contributed by atoms with Crippen molar-refractivity contribution in [2.24, 2.45) is 0 Å². The average Bonchev–Trinajstić information content (AvgIpc) is 3.13. The average molecular weight is 696 g/mol. The molecule has 0 saturated heterocycles. The van der Waals surface area contributed by atoms with Crippen LogP contribution >= 0.6 is 0 Å². The number of benzene rings is 4. The van der Waals surface area contributed by atoms with Crippen LogP contribution in [0.15, 0.2) is 125 Å². The van der Waals surface area contributed by atoms with Crippen LogP contribution in [0.5, 0.6) is 0 Å². The molecule has 0 spiro atoms. The summed E-state index contributed by atoms with van der Waals surface area (Å²) in [7, 11) is -4.54. The Morgan fingerprint density at radius 1 is 0.824 bits per heavy atom. The molecule has 0 aromatic heterocycles. The molecule has 1 N–H and O–H groups in total. The van der Waals surface area contributed by atoms with Gasteiger partial charge in [-0.3, -0.25) is 4.55 Å². The third-order valence-corrected chi connectivity index (χ3v) is 9.95. The lowest BCUT2D eigenvalue weighted by atomic mass is 9.88. The van der Waals surface area contributed by atoms with Crippen LogP contribution in [0.3, 0.4) is 0 Å². The van der Waals surface area contributed by atoms with Crippen LogP contribution in [0, 0.1) is 20.1 Å². The summed E-state index contributed by atoms with van der Waals surface area (Å²) < 4.78 is 38.1.